The van der Waals surface area contributed by atoms with Crippen LogP contribution in [0.4, 0.5) is 0 Å². The molecule has 0 spiro atoms. The molecule has 3 rings (SSSR count). The summed E-state index contributed by atoms with van der Waals surface area (Å²) in [6, 6.07) is 15.1. The summed E-state index contributed by atoms with van der Waals surface area (Å²) in [6.45, 7) is 2.07. The van der Waals surface area contributed by atoms with E-state index < -0.39 is 0 Å². The van der Waals surface area contributed by atoms with Crippen LogP contribution < -0.4 is 0 Å². The fourth-order valence-electron chi connectivity index (χ4n) is 2.75. The SMILES string of the molecule is CC1=CC(=[OH+])C=CC1=S(C)Cc1cccc2ccccc12. The van der Waals surface area contributed by atoms with Gasteiger partial charge in [-0.3, -0.25) is 4.79 Å². The summed E-state index contributed by atoms with van der Waals surface area (Å²) in [5.41, 5.74) is 2.56. The van der Waals surface area contributed by atoms with Crippen molar-refractivity contribution < 1.29 is 4.79 Å². The number of ketones is 1. The van der Waals surface area contributed by atoms with Crippen LogP contribution in [0.2, 0.25) is 0 Å². The van der Waals surface area contributed by atoms with Crippen LogP contribution in [-0.4, -0.2) is 21.7 Å². The van der Waals surface area contributed by atoms with Crippen molar-refractivity contribution >= 4 is 31.9 Å². The zero-order valence-electron chi connectivity index (χ0n) is 12.3. The molecule has 0 bridgehead atoms. The molecule has 0 aliphatic heterocycles. The summed E-state index contributed by atoms with van der Waals surface area (Å²) in [5, 5.41) is 2.64. The molecule has 0 saturated carbocycles. The molecule has 1 aliphatic rings. The summed E-state index contributed by atoms with van der Waals surface area (Å²) in [7, 11) is 0.129. The van der Waals surface area contributed by atoms with Crippen molar-refractivity contribution in [2.45, 2.75) is 12.7 Å². The van der Waals surface area contributed by atoms with Gasteiger partial charge in [0.2, 0.25) is 0 Å². The maximum Gasteiger partial charge on any atom is 0.340 e. The van der Waals surface area contributed by atoms with Gasteiger partial charge in [0.15, 0.2) is 0 Å². The van der Waals surface area contributed by atoms with Crippen LogP contribution in [0.15, 0.2) is 66.3 Å². The second-order valence-corrected chi connectivity index (χ2v) is 7.37. The number of hydrogen-bond donors (Lipinski definition) is 0. The first-order chi connectivity index (χ1) is 10.1. The monoisotopic (exact) mass is 295 g/mol. The van der Waals surface area contributed by atoms with E-state index in [0.717, 1.165) is 5.75 Å². The van der Waals surface area contributed by atoms with Crippen LogP contribution in [0.25, 0.3) is 10.8 Å². The lowest BCUT2D eigenvalue weighted by Gasteiger charge is -2.13. The van der Waals surface area contributed by atoms with Crippen molar-refractivity contribution in [2.75, 3.05) is 6.26 Å². The molecule has 21 heavy (non-hydrogen) atoms. The minimum atomic E-state index is 0.129. The highest BCUT2D eigenvalue weighted by molar-refractivity contribution is 8.15. The highest BCUT2D eigenvalue weighted by Gasteiger charge is 2.12. The van der Waals surface area contributed by atoms with Gasteiger partial charge >= 0.3 is 5.78 Å². The quantitative estimate of drug-likeness (QED) is 0.576. The van der Waals surface area contributed by atoms with Crippen molar-refractivity contribution in [2.24, 2.45) is 0 Å². The highest BCUT2D eigenvalue weighted by atomic mass is 32.2. The Morgan fingerprint density at radius 1 is 1.00 bits per heavy atom. The number of rotatable bonds is 2. The van der Waals surface area contributed by atoms with Crippen LogP contribution in [0.1, 0.15) is 12.5 Å². The van der Waals surface area contributed by atoms with Gasteiger partial charge in [0, 0.05) is 22.8 Å². The molecule has 0 heterocycles. The van der Waals surface area contributed by atoms with Gasteiger partial charge in [0.25, 0.3) is 0 Å². The van der Waals surface area contributed by atoms with Crippen molar-refractivity contribution in [3.63, 3.8) is 0 Å². The van der Waals surface area contributed by atoms with E-state index >= 15 is 0 Å². The zero-order valence-corrected chi connectivity index (χ0v) is 13.2. The van der Waals surface area contributed by atoms with Crippen molar-refractivity contribution in [3.8, 4) is 0 Å². The molecule has 0 aromatic heterocycles. The van der Waals surface area contributed by atoms with E-state index in [1.165, 1.54) is 26.8 Å². The Bertz CT molecular complexity index is 804. The molecule has 1 nitrogen and oxygen atoms in total. The van der Waals surface area contributed by atoms with Crippen LogP contribution in [0.5, 0.6) is 0 Å². The highest BCUT2D eigenvalue weighted by Crippen LogP contribution is 2.28. The molecule has 2 aromatic rings. The third-order valence-electron chi connectivity index (χ3n) is 3.79. The van der Waals surface area contributed by atoms with E-state index in [-0.39, 0.29) is 10.5 Å². The molecule has 2 heteroatoms. The lowest BCUT2D eigenvalue weighted by molar-refractivity contribution is 0.683. The van der Waals surface area contributed by atoms with Gasteiger partial charge in [-0.05, 0) is 41.2 Å². The van der Waals surface area contributed by atoms with Crippen LogP contribution in [-0.2, 0) is 5.75 Å². The normalized spacial score (nSPS) is 17.9. The molecule has 1 unspecified atom stereocenters. The second kappa shape index (κ2) is 5.82. The lowest BCUT2D eigenvalue weighted by Crippen LogP contribution is -2.06. The molecule has 2 aromatic carbocycles. The van der Waals surface area contributed by atoms with Crippen LogP contribution >= 0.6 is 10.5 Å². The summed E-state index contributed by atoms with van der Waals surface area (Å²) in [5.74, 6) is 1.38. The van der Waals surface area contributed by atoms with Gasteiger partial charge < -0.3 is 0 Å². The van der Waals surface area contributed by atoms with E-state index in [1.807, 2.05) is 6.08 Å². The number of hydrogen-bond acceptors (Lipinski definition) is 0. The molecule has 106 valence electrons. The molecule has 1 N–H and O–H groups in total. The Morgan fingerprint density at radius 2 is 1.76 bits per heavy atom. The molecule has 1 aliphatic carbocycles. The van der Waals surface area contributed by atoms with E-state index in [0.29, 0.717) is 5.78 Å². The van der Waals surface area contributed by atoms with Crippen molar-refractivity contribution in [1.82, 2.24) is 0 Å². The number of allylic oxidation sites excluding steroid dienone is 4. The Hall–Kier alpha value is -1.93. The Labute approximate surface area is 127 Å². The molecule has 0 saturated heterocycles. The Kier molecular flexibility index (Phi) is 3.89. The van der Waals surface area contributed by atoms with Crippen LogP contribution in [0, 0.1) is 0 Å². The van der Waals surface area contributed by atoms with Crippen molar-refractivity contribution in [1.29, 1.82) is 0 Å². The number of fused-ring (bicyclic) bond motifs is 1. The molecule has 0 radical (unpaired) electrons. The Balaban J connectivity index is 2.01. The average Bonchev–Trinajstić information content (AvgIpc) is 2.47. The minimum Gasteiger partial charge on any atom is -0.274 e. The minimum absolute atomic E-state index is 0.129. The fraction of sp³-hybridized carbons (Fsp3) is 0.158. The lowest BCUT2D eigenvalue weighted by atomic mass is 10.1. The van der Waals surface area contributed by atoms with Gasteiger partial charge in [-0.25, -0.2) is 0 Å². The first kappa shape index (κ1) is 14.0. The summed E-state index contributed by atoms with van der Waals surface area (Å²) >= 11 is 0. The van der Waals surface area contributed by atoms with Gasteiger partial charge in [0.05, 0.1) is 0 Å². The molecule has 0 amide bonds. The molecule has 0 fully saturated rings. The maximum atomic E-state index is 9.55. The standard InChI is InChI=1S/C19H18OS/c1-14-12-17(20)10-11-19(14)21(2)13-16-8-5-7-15-6-3-4-9-18(15)16/h3-12H,13H2,1-2H3/p+1. The third kappa shape index (κ3) is 2.91. The largest absolute Gasteiger partial charge is 0.340 e. The first-order valence-electron chi connectivity index (χ1n) is 7.04. The topological polar surface area (TPSA) is 21.4 Å². The summed E-state index contributed by atoms with van der Waals surface area (Å²) in [6.07, 6.45) is 7.97. The number of carbonyl (C=O) groups excluding carboxylic acids is 1. The fourth-order valence-corrected chi connectivity index (χ4v) is 4.54. The Morgan fingerprint density at radius 3 is 2.57 bits per heavy atom. The predicted molar refractivity (Wildman–Crippen MR) is 96.0 cm³/mol. The van der Waals surface area contributed by atoms with Gasteiger partial charge in [-0.2, -0.15) is 10.5 Å². The van der Waals surface area contributed by atoms with E-state index in [1.54, 1.807) is 6.08 Å². The first-order valence-corrected chi connectivity index (χ1v) is 8.84. The van der Waals surface area contributed by atoms with Crippen LogP contribution in [0.3, 0.4) is 0 Å². The summed E-state index contributed by atoms with van der Waals surface area (Å²) < 4.78 is 0. The average molecular weight is 295 g/mol. The van der Waals surface area contributed by atoms with Crippen molar-refractivity contribution in [3.05, 3.63) is 71.8 Å². The smallest absolute Gasteiger partial charge is 0.274 e. The summed E-state index contributed by atoms with van der Waals surface area (Å²) in [4.78, 5) is 10.9. The zero-order chi connectivity index (χ0) is 14.8. The molecular formula is C19H19OS+. The van der Waals surface area contributed by atoms with Gasteiger partial charge in [-0.1, -0.05) is 42.5 Å². The van der Waals surface area contributed by atoms with E-state index in [4.69, 9.17) is 0 Å². The maximum absolute atomic E-state index is 9.55. The predicted octanol–water partition coefficient (Wildman–Crippen LogP) is 4.47. The second-order valence-electron chi connectivity index (χ2n) is 5.37. The molecular weight excluding hydrogens is 276 g/mol. The van der Waals surface area contributed by atoms with E-state index in [2.05, 4.69) is 61.7 Å². The van der Waals surface area contributed by atoms with Gasteiger partial charge in [-0.15, -0.1) is 0 Å². The van der Waals surface area contributed by atoms with E-state index in [9.17, 15) is 4.79 Å². The molecule has 1 atom stereocenters. The van der Waals surface area contributed by atoms with Gasteiger partial charge in [0.1, 0.15) is 0 Å². The number of benzene rings is 2. The third-order valence-corrected chi connectivity index (χ3v) is 5.74.